The van der Waals surface area contributed by atoms with Gasteiger partial charge in [0.2, 0.25) is 0 Å². The minimum absolute atomic E-state index is 0.0934. The summed E-state index contributed by atoms with van der Waals surface area (Å²) in [6.45, 7) is 3.55. The van der Waals surface area contributed by atoms with Crippen LogP contribution in [0.4, 0.5) is 9.18 Å². The van der Waals surface area contributed by atoms with Gasteiger partial charge in [-0.05, 0) is 50.3 Å². The Kier molecular flexibility index (Phi) is 4.90. The second-order valence-electron chi connectivity index (χ2n) is 6.06. The number of methoxy groups -OCH3 is 1. The molecule has 0 saturated heterocycles. The molecule has 1 aliphatic rings. The van der Waals surface area contributed by atoms with Crippen LogP contribution in [0.5, 0.6) is 5.75 Å². The molecule has 1 aliphatic carbocycles. The average molecular weight is 310 g/mol. The van der Waals surface area contributed by atoms with Crippen molar-refractivity contribution in [1.82, 2.24) is 10.6 Å². The molecule has 0 aromatic heterocycles. The lowest BCUT2D eigenvalue weighted by molar-refractivity contribution is 0.154. The van der Waals surface area contributed by atoms with Gasteiger partial charge in [-0.2, -0.15) is 0 Å². The monoisotopic (exact) mass is 310 g/mol. The van der Waals surface area contributed by atoms with E-state index in [4.69, 9.17) is 4.74 Å². The van der Waals surface area contributed by atoms with E-state index in [1.807, 2.05) is 6.92 Å². The Hall–Kier alpha value is -1.82. The summed E-state index contributed by atoms with van der Waals surface area (Å²) in [5.41, 5.74) is 0.148. The van der Waals surface area contributed by atoms with E-state index in [2.05, 4.69) is 10.6 Å². The molecule has 0 aliphatic heterocycles. The van der Waals surface area contributed by atoms with Gasteiger partial charge >= 0.3 is 6.03 Å². The number of aliphatic hydroxyl groups is 1. The van der Waals surface area contributed by atoms with Crippen molar-refractivity contribution in [3.8, 4) is 5.75 Å². The Balaban J connectivity index is 1.99. The van der Waals surface area contributed by atoms with Crippen molar-refractivity contribution in [2.24, 2.45) is 5.92 Å². The SMILES string of the molecule is COc1cc(C(C)NC(=O)NC(C)(CO)C2CC2)ccc1F. The minimum Gasteiger partial charge on any atom is -0.494 e. The molecule has 2 unspecified atom stereocenters. The molecule has 6 heteroatoms. The first-order valence-corrected chi connectivity index (χ1v) is 7.42. The Morgan fingerprint density at radius 2 is 2.23 bits per heavy atom. The molecule has 5 nitrogen and oxygen atoms in total. The maximum absolute atomic E-state index is 13.4. The van der Waals surface area contributed by atoms with Gasteiger partial charge in [0, 0.05) is 0 Å². The van der Waals surface area contributed by atoms with Gasteiger partial charge in [-0.3, -0.25) is 0 Å². The lowest BCUT2D eigenvalue weighted by Crippen LogP contribution is -2.54. The van der Waals surface area contributed by atoms with E-state index < -0.39 is 11.4 Å². The molecule has 22 heavy (non-hydrogen) atoms. The van der Waals surface area contributed by atoms with Crippen LogP contribution in [0.1, 0.15) is 38.3 Å². The summed E-state index contributed by atoms with van der Waals surface area (Å²) in [6, 6.07) is 3.82. The summed E-state index contributed by atoms with van der Waals surface area (Å²) in [6.07, 6.45) is 2.03. The Morgan fingerprint density at radius 1 is 1.55 bits per heavy atom. The number of ether oxygens (including phenoxy) is 1. The fraction of sp³-hybridized carbons (Fsp3) is 0.562. The van der Waals surface area contributed by atoms with Crippen molar-refractivity contribution < 1.29 is 19.0 Å². The van der Waals surface area contributed by atoms with E-state index in [-0.39, 0.29) is 24.4 Å². The number of benzene rings is 1. The predicted molar refractivity (Wildman–Crippen MR) is 81.2 cm³/mol. The highest BCUT2D eigenvalue weighted by Crippen LogP contribution is 2.39. The molecule has 0 bridgehead atoms. The molecule has 1 aromatic rings. The Morgan fingerprint density at radius 3 is 2.77 bits per heavy atom. The van der Waals surface area contributed by atoms with Crippen LogP contribution < -0.4 is 15.4 Å². The largest absolute Gasteiger partial charge is 0.494 e. The molecule has 122 valence electrons. The molecule has 1 aromatic carbocycles. The highest BCUT2D eigenvalue weighted by molar-refractivity contribution is 5.75. The zero-order chi connectivity index (χ0) is 16.3. The van der Waals surface area contributed by atoms with Crippen molar-refractivity contribution in [1.29, 1.82) is 0 Å². The van der Waals surface area contributed by atoms with Crippen LogP contribution in [0.2, 0.25) is 0 Å². The number of urea groups is 1. The van der Waals surface area contributed by atoms with Gasteiger partial charge in [0.25, 0.3) is 0 Å². The van der Waals surface area contributed by atoms with Gasteiger partial charge < -0.3 is 20.5 Å². The quantitative estimate of drug-likeness (QED) is 0.755. The van der Waals surface area contributed by atoms with Crippen LogP contribution >= 0.6 is 0 Å². The van der Waals surface area contributed by atoms with Crippen molar-refractivity contribution >= 4 is 6.03 Å². The standard InChI is InChI=1S/C16H23FN2O3/c1-10(11-4-7-13(17)14(8-11)22-3)18-15(21)19-16(2,9-20)12-5-6-12/h4,7-8,10,12,20H,5-6,9H2,1-3H3,(H2,18,19,21). The molecular formula is C16H23FN2O3. The molecule has 2 atom stereocenters. The Bertz CT molecular complexity index is 548. The number of rotatable bonds is 6. The average Bonchev–Trinajstić information content (AvgIpc) is 3.32. The van der Waals surface area contributed by atoms with Crippen LogP contribution in [-0.2, 0) is 0 Å². The van der Waals surface area contributed by atoms with Gasteiger partial charge in [0.05, 0.1) is 25.3 Å². The first-order chi connectivity index (χ1) is 10.4. The lowest BCUT2D eigenvalue weighted by Gasteiger charge is -2.29. The number of aliphatic hydroxyl groups excluding tert-OH is 1. The third-order valence-electron chi connectivity index (χ3n) is 4.23. The zero-order valence-electron chi connectivity index (χ0n) is 13.1. The van der Waals surface area contributed by atoms with Crippen LogP contribution in [0.15, 0.2) is 18.2 Å². The number of nitrogens with one attached hydrogen (secondary N) is 2. The van der Waals surface area contributed by atoms with Crippen LogP contribution in [0.25, 0.3) is 0 Å². The predicted octanol–water partition coefficient (Wildman–Crippen LogP) is 2.36. The van der Waals surface area contributed by atoms with Crippen molar-refractivity contribution in [2.75, 3.05) is 13.7 Å². The normalized spacial score (nSPS) is 18.2. The van der Waals surface area contributed by atoms with Gasteiger partial charge in [-0.1, -0.05) is 6.07 Å². The van der Waals surface area contributed by atoms with Crippen molar-refractivity contribution in [3.05, 3.63) is 29.6 Å². The first-order valence-electron chi connectivity index (χ1n) is 7.42. The summed E-state index contributed by atoms with van der Waals surface area (Å²) in [5.74, 6) is 0.0266. The fourth-order valence-electron chi connectivity index (χ4n) is 2.51. The summed E-state index contributed by atoms with van der Waals surface area (Å²) in [5, 5.41) is 15.1. The third kappa shape index (κ3) is 3.68. The number of hydrogen-bond acceptors (Lipinski definition) is 3. The van der Waals surface area contributed by atoms with Gasteiger partial charge in [-0.15, -0.1) is 0 Å². The second-order valence-corrected chi connectivity index (χ2v) is 6.06. The van der Waals surface area contributed by atoms with Gasteiger partial charge in [0.15, 0.2) is 11.6 Å². The zero-order valence-corrected chi connectivity index (χ0v) is 13.1. The van der Waals surface area contributed by atoms with E-state index in [0.29, 0.717) is 5.92 Å². The molecule has 2 amide bonds. The lowest BCUT2D eigenvalue weighted by atomic mass is 9.97. The number of hydrogen-bond donors (Lipinski definition) is 3. The van der Waals surface area contributed by atoms with E-state index in [1.54, 1.807) is 19.1 Å². The third-order valence-corrected chi connectivity index (χ3v) is 4.23. The molecule has 0 radical (unpaired) electrons. The van der Waals surface area contributed by atoms with Crippen LogP contribution in [0, 0.1) is 11.7 Å². The molecule has 0 heterocycles. The highest BCUT2D eigenvalue weighted by Gasteiger charge is 2.42. The summed E-state index contributed by atoms with van der Waals surface area (Å²) in [7, 11) is 1.40. The van der Waals surface area contributed by atoms with Crippen molar-refractivity contribution in [3.63, 3.8) is 0 Å². The molecule has 3 N–H and O–H groups in total. The summed E-state index contributed by atoms with van der Waals surface area (Å²) >= 11 is 0. The number of halogens is 1. The minimum atomic E-state index is -0.593. The van der Waals surface area contributed by atoms with Crippen LogP contribution in [-0.4, -0.2) is 30.4 Å². The highest BCUT2D eigenvalue weighted by atomic mass is 19.1. The van der Waals surface area contributed by atoms with E-state index in [0.717, 1.165) is 18.4 Å². The van der Waals surface area contributed by atoms with E-state index in [1.165, 1.54) is 13.2 Å². The first kappa shape index (κ1) is 16.5. The summed E-state index contributed by atoms with van der Waals surface area (Å²) in [4.78, 5) is 12.1. The topological polar surface area (TPSA) is 70.6 Å². The van der Waals surface area contributed by atoms with E-state index >= 15 is 0 Å². The molecule has 1 fully saturated rings. The van der Waals surface area contributed by atoms with Gasteiger partial charge in [-0.25, -0.2) is 9.18 Å². The van der Waals surface area contributed by atoms with Crippen molar-refractivity contribution in [2.45, 2.75) is 38.3 Å². The molecule has 1 saturated carbocycles. The molecular weight excluding hydrogens is 287 g/mol. The second kappa shape index (κ2) is 6.52. The number of carbonyl (C=O) groups excluding carboxylic acids is 1. The van der Waals surface area contributed by atoms with Gasteiger partial charge in [0.1, 0.15) is 0 Å². The summed E-state index contributed by atoms with van der Waals surface area (Å²) < 4.78 is 18.3. The maximum atomic E-state index is 13.4. The maximum Gasteiger partial charge on any atom is 0.315 e. The number of amides is 2. The fourth-order valence-corrected chi connectivity index (χ4v) is 2.51. The Labute approximate surface area is 129 Å². The molecule has 2 rings (SSSR count). The van der Waals surface area contributed by atoms with E-state index in [9.17, 15) is 14.3 Å². The number of carbonyl (C=O) groups is 1. The smallest absolute Gasteiger partial charge is 0.315 e. The molecule has 0 spiro atoms. The van der Waals surface area contributed by atoms with Crippen LogP contribution in [0.3, 0.4) is 0 Å².